The summed E-state index contributed by atoms with van der Waals surface area (Å²) in [6, 6.07) is 9.94. The number of benzene rings is 2. The maximum absolute atomic E-state index is 12.9. The van der Waals surface area contributed by atoms with Crippen LogP contribution in [0.2, 0.25) is 0 Å². The molecule has 3 rings (SSSR count). The fourth-order valence-electron chi connectivity index (χ4n) is 3.58. The normalized spacial score (nSPS) is 13.7. The number of ketones is 1. The molecule has 8 heteroatoms. The number of carbonyl (C=O) groups excluding carboxylic acids is 4. The fourth-order valence-corrected chi connectivity index (χ4v) is 3.58. The number of rotatable bonds is 9. The van der Waals surface area contributed by atoms with Gasteiger partial charge in [-0.25, -0.2) is 4.79 Å². The lowest BCUT2D eigenvalue weighted by molar-refractivity contribution is -0.147. The van der Waals surface area contributed by atoms with Gasteiger partial charge in [0.2, 0.25) is 5.78 Å². The number of fused-ring (bicyclic) bond motifs is 1. The number of carbonyl (C=O) groups is 4. The Balaban J connectivity index is 1.77. The molecule has 8 nitrogen and oxygen atoms in total. The molecule has 0 N–H and O–H groups in total. The van der Waals surface area contributed by atoms with Crippen molar-refractivity contribution in [3.8, 4) is 11.5 Å². The second kappa shape index (κ2) is 9.64. The van der Waals surface area contributed by atoms with Gasteiger partial charge in [-0.15, -0.1) is 0 Å². The van der Waals surface area contributed by atoms with Crippen molar-refractivity contribution in [3.05, 3.63) is 59.2 Å². The second-order valence-corrected chi connectivity index (χ2v) is 7.77. The molecule has 1 atom stereocenters. The summed E-state index contributed by atoms with van der Waals surface area (Å²) < 4.78 is 15.6. The number of methoxy groups -OCH3 is 2. The largest absolute Gasteiger partial charge is 0.497 e. The van der Waals surface area contributed by atoms with Crippen LogP contribution in [0.3, 0.4) is 0 Å². The number of nitrogens with zero attached hydrogens (tertiary/aromatic N) is 1. The molecule has 2 aromatic rings. The van der Waals surface area contributed by atoms with Crippen molar-refractivity contribution in [1.82, 2.24) is 4.90 Å². The molecule has 0 radical (unpaired) electrons. The van der Waals surface area contributed by atoms with Crippen molar-refractivity contribution in [2.45, 2.75) is 26.3 Å². The minimum atomic E-state index is -1.13. The lowest BCUT2D eigenvalue weighted by Crippen LogP contribution is -2.46. The summed E-state index contributed by atoms with van der Waals surface area (Å²) in [6.45, 7) is 3.18. The molecule has 2 amide bonds. The first-order valence-corrected chi connectivity index (χ1v) is 10.2. The van der Waals surface area contributed by atoms with Gasteiger partial charge >= 0.3 is 5.97 Å². The SMILES string of the molecule is COc1ccc(C(=O)COC(=O)C(CC(C)C)N2C(=O)c3ccccc3C2=O)c(OC)c1. The van der Waals surface area contributed by atoms with Gasteiger partial charge in [0, 0.05) is 6.07 Å². The fraction of sp³-hybridized carbons (Fsp3) is 0.333. The van der Waals surface area contributed by atoms with Gasteiger partial charge in [0.15, 0.2) is 6.61 Å². The van der Waals surface area contributed by atoms with Gasteiger partial charge < -0.3 is 14.2 Å². The van der Waals surface area contributed by atoms with Gasteiger partial charge in [-0.1, -0.05) is 26.0 Å². The molecule has 1 unspecified atom stereocenters. The van der Waals surface area contributed by atoms with Crippen LogP contribution < -0.4 is 9.47 Å². The maximum Gasteiger partial charge on any atom is 0.329 e. The van der Waals surface area contributed by atoms with E-state index in [1.54, 1.807) is 36.4 Å². The standard InChI is InChI=1S/C24H25NO7/c1-14(2)11-19(25-22(27)16-7-5-6-8-17(16)23(25)28)24(29)32-13-20(26)18-10-9-15(30-3)12-21(18)31-4/h5-10,12,14,19H,11,13H2,1-4H3. The van der Waals surface area contributed by atoms with E-state index in [2.05, 4.69) is 0 Å². The van der Waals surface area contributed by atoms with Crippen LogP contribution in [0, 0.1) is 5.92 Å². The Morgan fingerprint density at radius 1 is 0.938 bits per heavy atom. The zero-order chi connectivity index (χ0) is 23.4. The average molecular weight is 439 g/mol. The van der Waals surface area contributed by atoms with Crippen LogP contribution >= 0.6 is 0 Å². The van der Waals surface area contributed by atoms with Crippen LogP contribution in [0.25, 0.3) is 0 Å². The van der Waals surface area contributed by atoms with Gasteiger partial charge in [0.1, 0.15) is 17.5 Å². The quantitative estimate of drug-likeness (QED) is 0.336. The van der Waals surface area contributed by atoms with Crippen LogP contribution in [0.1, 0.15) is 51.3 Å². The van der Waals surface area contributed by atoms with E-state index >= 15 is 0 Å². The smallest absolute Gasteiger partial charge is 0.329 e. The van der Waals surface area contributed by atoms with Crippen molar-refractivity contribution in [3.63, 3.8) is 0 Å². The number of hydrogen-bond donors (Lipinski definition) is 0. The number of amides is 2. The van der Waals surface area contributed by atoms with E-state index in [0.717, 1.165) is 4.90 Å². The summed E-state index contributed by atoms with van der Waals surface area (Å²) >= 11 is 0. The molecule has 0 saturated heterocycles. The second-order valence-electron chi connectivity index (χ2n) is 7.77. The summed E-state index contributed by atoms with van der Waals surface area (Å²) in [5.41, 5.74) is 0.721. The van der Waals surface area contributed by atoms with Gasteiger partial charge in [-0.3, -0.25) is 19.3 Å². The molecule has 1 aliphatic rings. The number of hydrogen-bond acceptors (Lipinski definition) is 7. The molecule has 0 aliphatic carbocycles. The van der Waals surface area contributed by atoms with Crippen LogP contribution in [0.4, 0.5) is 0 Å². The average Bonchev–Trinajstić information content (AvgIpc) is 3.05. The van der Waals surface area contributed by atoms with Crippen LogP contribution in [0.5, 0.6) is 11.5 Å². The third-order valence-electron chi connectivity index (χ3n) is 5.16. The first-order valence-electron chi connectivity index (χ1n) is 10.2. The van der Waals surface area contributed by atoms with Crippen molar-refractivity contribution >= 4 is 23.6 Å². The Hall–Kier alpha value is -3.68. The van der Waals surface area contributed by atoms with E-state index < -0.39 is 36.2 Å². The molecule has 2 aromatic carbocycles. The molecule has 1 heterocycles. The summed E-state index contributed by atoms with van der Waals surface area (Å²) in [6.07, 6.45) is 0.213. The van der Waals surface area contributed by atoms with Crippen molar-refractivity contribution in [2.75, 3.05) is 20.8 Å². The minimum absolute atomic E-state index is 0.00533. The molecular formula is C24H25NO7. The van der Waals surface area contributed by atoms with Gasteiger partial charge in [0.25, 0.3) is 11.8 Å². The molecule has 0 saturated carbocycles. The van der Waals surface area contributed by atoms with Gasteiger partial charge in [-0.05, 0) is 36.6 Å². The molecule has 0 fully saturated rings. The van der Waals surface area contributed by atoms with E-state index in [-0.39, 0.29) is 34.8 Å². The summed E-state index contributed by atoms with van der Waals surface area (Å²) in [5.74, 6) is -1.60. The van der Waals surface area contributed by atoms with E-state index in [1.807, 2.05) is 13.8 Å². The maximum atomic E-state index is 12.9. The van der Waals surface area contributed by atoms with Crippen LogP contribution in [-0.2, 0) is 9.53 Å². The van der Waals surface area contributed by atoms with Crippen LogP contribution in [0.15, 0.2) is 42.5 Å². The molecule has 0 bridgehead atoms. The Kier molecular flexibility index (Phi) is 6.92. The molecule has 0 spiro atoms. The topological polar surface area (TPSA) is 99.2 Å². The molecule has 32 heavy (non-hydrogen) atoms. The molecular weight excluding hydrogens is 414 g/mol. The van der Waals surface area contributed by atoms with E-state index in [0.29, 0.717) is 5.75 Å². The highest BCUT2D eigenvalue weighted by atomic mass is 16.5. The Morgan fingerprint density at radius 3 is 2.09 bits per heavy atom. The minimum Gasteiger partial charge on any atom is -0.497 e. The number of imide groups is 1. The van der Waals surface area contributed by atoms with Crippen molar-refractivity contribution in [1.29, 1.82) is 0 Å². The van der Waals surface area contributed by atoms with Gasteiger partial charge in [0.05, 0.1) is 30.9 Å². The van der Waals surface area contributed by atoms with Crippen molar-refractivity contribution < 1.29 is 33.4 Å². The molecule has 1 aliphatic heterocycles. The van der Waals surface area contributed by atoms with Crippen molar-refractivity contribution in [2.24, 2.45) is 5.92 Å². The molecule has 0 aromatic heterocycles. The first kappa shape index (κ1) is 23.0. The summed E-state index contributed by atoms with van der Waals surface area (Å²) in [4.78, 5) is 52.2. The van der Waals surface area contributed by atoms with E-state index in [4.69, 9.17) is 14.2 Å². The van der Waals surface area contributed by atoms with Crippen LogP contribution in [-0.4, -0.2) is 55.3 Å². The third-order valence-corrected chi connectivity index (χ3v) is 5.16. The summed E-state index contributed by atoms with van der Waals surface area (Å²) in [5, 5.41) is 0. The van der Waals surface area contributed by atoms with E-state index in [1.165, 1.54) is 20.3 Å². The Labute approximate surface area is 186 Å². The monoisotopic (exact) mass is 439 g/mol. The predicted molar refractivity (Wildman–Crippen MR) is 115 cm³/mol. The zero-order valence-electron chi connectivity index (χ0n) is 18.4. The third kappa shape index (κ3) is 4.49. The number of ether oxygens (including phenoxy) is 3. The highest BCUT2D eigenvalue weighted by Crippen LogP contribution is 2.28. The first-order chi connectivity index (χ1) is 15.3. The zero-order valence-corrected chi connectivity index (χ0v) is 18.4. The highest BCUT2D eigenvalue weighted by molar-refractivity contribution is 6.22. The summed E-state index contributed by atoms with van der Waals surface area (Å²) in [7, 11) is 2.91. The molecule has 168 valence electrons. The number of Topliss-reactive ketones (excluding diaryl/α,β-unsaturated/α-hetero) is 1. The van der Waals surface area contributed by atoms with Gasteiger partial charge in [-0.2, -0.15) is 0 Å². The Bertz CT molecular complexity index is 1030. The Morgan fingerprint density at radius 2 is 1.56 bits per heavy atom. The lowest BCUT2D eigenvalue weighted by atomic mass is 10.0. The highest BCUT2D eigenvalue weighted by Gasteiger charge is 2.43. The number of esters is 1. The lowest BCUT2D eigenvalue weighted by Gasteiger charge is -2.25. The predicted octanol–water partition coefficient (Wildman–Crippen LogP) is 3.14. The van der Waals surface area contributed by atoms with E-state index in [9.17, 15) is 19.2 Å².